The van der Waals surface area contributed by atoms with E-state index in [9.17, 15) is 0 Å². The summed E-state index contributed by atoms with van der Waals surface area (Å²) in [6.07, 6.45) is 4.95. The highest BCUT2D eigenvalue weighted by molar-refractivity contribution is 5.86. The highest BCUT2D eigenvalue weighted by Crippen LogP contribution is 2.41. The summed E-state index contributed by atoms with van der Waals surface area (Å²) in [5.41, 5.74) is 8.57. The summed E-state index contributed by atoms with van der Waals surface area (Å²) in [5.74, 6) is 0.906. The SMILES string of the molecule is COc1cccc2cc(C3(CN)CCCC3)[nH]c12. The molecular weight excluding hydrogens is 224 g/mol. The van der Waals surface area contributed by atoms with Crippen LogP contribution in [0.1, 0.15) is 31.4 Å². The fraction of sp³-hybridized carbons (Fsp3) is 0.467. The number of methoxy groups -OCH3 is 1. The average molecular weight is 244 g/mol. The van der Waals surface area contributed by atoms with E-state index >= 15 is 0 Å². The second-order valence-corrected chi connectivity index (χ2v) is 5.30. The molecule has 96 valence electrons. The summed E-state index contributed by atoms with van der Waals surface area (Å²) in [4.78, 5) is 3.54. The van der Waals surface area contributed by atoms with Gasteiger partial charge in [0.05, 0.1) is 12.6 Å². The maximum Gasteiger partial charge on any atom is 0.142 e. The van der Waals surface area contributed by atoms with Crippen molar-refractivity contribution < 1.29 is 4.74 Å². The molecule has 3 nitrogen and oxygen atoms in total. The van der Waals surface area contributed by atoms with Crippen molar-refractivity contribution in [3.8, 4) is 5.75 Å². The smallest absolute Gasteiger partial charge is 0.142 e. The van der Waals surface area contributed by atoms with Gasteiger partial charge in [-0.15, -0.1) is 0 Å². The first-order valence-corrected chi connectivity index (χ1v) is 6.65. The number of fused-ring (bicyclic) bond motifs is 1. The van der Waals surface area contributed by atoms with Gasteiger partial charge in [-0.1, -0.05) is 25.0 Å². The topological polar surface area (TPSA) is 51.0 Å². The van der Waals surface area contributed by atoms with E-state index < -0.39 is 0 Å². The van der Waals surface area contributed by atoms with Crippen LogP contribution in [-0.4, -0.2) is 18.6 Å². The zero-order valence-electron chi connectivity index (χ0n) is 10.8. The van der Waals surface area contributed by atoms with Crippen LogP contribution in [0.25, 0.3) is 10.9 Å². The predicted molar refractivity (Wildman–Crippen MR) is 74.1 cm³/mol. The van der Waals surface area contributed by atoms with E-state index in [0.29, 0.717) is 0 Å². The van der Waals surface area contributed by atoms with Gasteiger partial charge in [0.15, 0.2) is 0 Å². The second kappa shape index (κ2) is 4.32. The molecule has 0 aliphatic heterocycles. The van der Waals surface area contributed by atoms with Crippen LogP contribution in [0.5, 0.6) is 5.75 Å². The number of rotatable bonds is 3. The van der Waals surface area contributed by atoms with Crippen LogP contribution in [0.4, 0.5) is 0 Å². The minimum atomic E-state index is 0.157. The Morgan fingerprint density at radius 1 is 1.33 bits per heavy atom. The van der Waals surface area contributed by atoms with Crippen LogP contribution in [0, 0.1) is 0 Å². The molecule has 3 rings (SSSR count). The van der Waals surface area contributed by atoms with Gasteiger partial charge in [0.25, 0.3) is 0 Å². The molecular formula is C15H20N2O. The fourth-order valence-corrected chi connectivity index (χ4v) is 3.22. The molecule has 0 saturated heterocycles. The molecule has 0 radical (unpaired) electrons. The molecule has 3 N–H and O–H groups in total. The molecule has 0 atom stereocenters. The molecule has 2 aromatic rings. The van der Waals surface area contributed by atoms with Gasteiger partial charge in [-0.2, -0.15) is 0 Å². The van der Waals surface area contributed by atoms with E-state index in [0.717, 1.165) is 17.8 Å². The van der Waals surface area contributed by atoms with Crippen LogP contribution in [0.2, 0.25) is 0 Å². The van der Waals surface area contributed by atoms with Gasteiger partial charge in [-0.05, 0) is 25.0 Å². The summed E-state index contributed by atoms with van der Waals surface area (Å²) < 4.78 is 5.41. The molecule has 1 aliphatic carbocycles. The zero-order chi connectivity index (χ0) is 12.6. The van der Waals surface area contributed by atoms with Crippen LogP contribution >= 0.6 is 0 Å². The summed E-state index contributed by atoms with van der Waals surface area (Å²) >= 11 is 0. The molecule has 1 fully saturated rings. The number of hydrogen-bond acceptors (Lipinski definition) is 2. The lowest BCUT2D eigenvalue weighted by molar-refractivity contribution is 0.417. The highest BCUT2D eigenvalue weighted by Gasteiger charge is 2.35. The number of aromatic nitrogens is 1. The van der Waals surface area contributed by atoms with Crippen molar-refractivity contribution in [2.75, 3.05) is 13.7 Å². The first kappa shape index (κ1) is 11.6. The molecule has 0 unspecified atom stereocenters. The third-order valence-corrected chi connectivity index (χ3v) is 4.36. The number of hydrogen-bond donors (Lipinski definition) is 2. The van der Waals surface area contributed by atoms with Gasteiger partial charge in [0, 0.05) is 23.0 Å². The van der Waals surface area contributed by atoms with Gasteiger partial charge < -0.3 is 15.5 Å². The number of ether oxygens (including phenoxy) is 1. The van der Waals surface area contributed by atoms with Gasteiger partial charge in [0.1, 0.15) is 5.75 Å². The molecule has 1 aliphatic rings. The number of benzene rings is 1. The average Bonchev–Trinajstić information content (AvgIpc) is 3.04. The lowest BCUT2D eigenvalue weighted by Crippen LogP contribution is -2.32. The maximum atomic E-state index is 6.04. The highest BCUT2D eigenvalue weighted by atomic mass is 16.5. The van der Waals surface area contributed by atoms with Gasteiger partial charge >= 0.3 is 0 Å². The number of nitrogens with two attached hydrogens (primary N) is 1. The Hall–Kier alpha value is -1.48. The quantitative estimate of drug-likeness (QED) is 0.872. The predicted octanol–water partition coefficient (Wildman–Crippen LogP) is 2.95. The zero-order valence-corrected chi connectivity index (χ0v) is 10.8. The minimum Gasteiger partial charge on any atom is -0.495 e. The number of aromatic amines is 1. The first-order valence-electron chi connectivity index (χ1n) is 6.65. The molecule has 1 saturated carbocycles. The molecule has 0 spiro atoms. The summed E-state index contributed by atoms with van der Waals surface area (Å²) in [6, 6.07) is 8.39. The van der Waals surface area contributed by atoms with Crippen molar-refractivity contribution in [2.45, 2.75) is 31.1 Å². The first-order chi connectivity index (χ1) is 8.79. The van der Waals surface area contributed by atoms with Crippen molar-refractivity contribution in [1.82, 2.24) is 4.98 Å². The Kier molecular flexibility index (Phi) is 2.78. The maximum absolute atomic E-state index is 6.04. The molecule has 3 heteroatoms. The molecule has 0 bridgehead atoms. The third kappa shape index (κ3) is 1.62. The Bertz CT molecular complexity index is 553. The standard InChI is InChI=1S/C15H20N2O/c1-18-12-6-4-5-11-9-13(17-14(11)12)15(10-16)7-2-3-8-15/h4-6,9,17H,2-3,7-8,10,16H2,1H3. The Morgan fingerprint density at radius 3 is 2.78 bits per heavy atom. The van der Waals surface area contributed by atoms with Crippen LogP contribution in [0.3, 0.4) is 0 Å². The van der Waals surface area contributed by atoms with Crippen molar-refractivity contribution >= 4 is 10.9 Å². The number of para-hydroxylation sites is 1. The van der Waals surface area contributed by atoms with Crippen LogP contribution in [-0.2, 0) is 5.41 Å². The molecule has 1 aromatic heterocycles. The van der Waals surface area contributed by atoms with Crippen LogP contribution < -0.4 is 10.5 Å². The fourth-order valence-electron chi connectivity index (χ4n) is 3.22. The van der Waals surface area contributed by atoms with Crippen LogP contribution in [0.15, 0.2) is 24.3 Å². The van der Waals surface area contributed by atoms with Crippen molar-refractivity contribution in [3.05, 3.63) is 30.0 Å². The molecule has 1 aromatic carbocycles. The van der Waals surface area contributed by atoms with Crippen molar-refractivity contribution in [3.63, 3.8) is 0 Å². The molecule has 0 amide bonds. The van der Waals surface area contributed by atoms with E-state index in [1.807, 2.05) is 12.1 Å². The number of nitrogens with one attached hydrogen (secondary N) is 1. The largest absolute Gasteiger partial charge is 0.495 e. The number of H-pyrrole nitrogens is 1. The summed E-state index contributed by atoms with van der Waals surface area (Å²) in [5, 5.41) is 1.21. The van der Waals surface area contributed by atoms with Gasteiger partial charge in [0.2, 0.25) is 0 Å². The summed E-state index contributed by atoms with van der Waals surface area (Å²) in [7, 11) is 1.71. The van der Waals surface area contributed by atoms with Crippen molar-refractivity contribution in [1.29, 1.82) is 0 Å². The molecule has 1 heterocycles. The van der Waals surface area contributed by atoms with E-state index in [-0.39, 0.29) is 5.41 Å². The molecule has 18 heavy (non-hydrogen) atoms. The van der Waals surface area contributed by atoms with Gasteiger partial charge in [-0.25, -0.2) is 0 Å². The van der Waals surface area contributed by atoms with E-state index in [4.69, 9.17) is 10.5 Å². The van der Waals surface area contributed by atoms with E-state index in [1.54, 1.807) is 7.11 Å². The Balaban J connectivity index is 2.13. The minimum absolute atomic E-state index is 0.157. The lowest BCUT2D eigenvalue weighted by Gasteiger charge is -2.25. The Labute approximate surface area is 107 Å². The van der Waals surface area contributed by atoms with Crippen molar-refractivity contribution in [2.24, 2.45) is 5.73 Å². The van der Waals surface area contributed by atoms with E-state index in [1.165, 1.54) is 36.8 Å². The summed E-state index contributed by atoms with van der Waals surface area (Å²) in [6.45, 7) is 0.724. The lowest BCUT2D eigenvalue weighted by atomic mass is 9.83. The monoisotopic (exact) mass is 244 g/mol. The Morgan fingerprint density at radius 2 is 2.11 bits per heavy atom. The van der Waals surface area contributed by atoms with Gasteiger partial charge in [-0.3, -0.25) is 0 Å². The third-order valence-electron chi connectivity index (χ3n) is 4.36. The second-order valence-electron chi connectivity index (χ2n) is 5.30. The van der Waals surface area contributed by atoms with E-state index in [2.05, 4.69) is 17.1 Å². The normalized spacial score (nSPS) is 18.3.